The Morgan fingerprint density at radius 1 is 0.562 bits per heavy atom. The fourth-order valence-corrected chi connectivity index (χ4v) is 2.57. The van der Waals surface area contributed by atoms with Gasteiger partial charge in [-0.15, -0.1) is 0 Å². The molecule has 0 aliphatic carbocycles. The van der Waals surface area contributed by atoms with Crippen molar-refractivity contribution < 1.29 is 0 Å². The third kappa shape index (κ3) is 5.62. The molecule has 0 fully saturated rings. The molecule has 2 rings (SSSR count). The number of rotatable bonds is 0. The van der Waals surface area contributed by atoms with Crippen LogP contribution in [0.25, 0.3) is 0 Å². The molecule has 16 heavy (non-hydrogen) atoms. The van der Waals surface area contributed by atoms with Crippen molar-refractivity contribution in [2.24, 2.45) is 0 Å². The quantitative estimate of drug-likeness (QED) is 0.416. The molecular weight excluding hydrogens is 464 g/mol. The third-order valence-electron chi connectivity index (χ3n) is 1.61. The zero-order valence-corrected chi connectivity index (χ0v) is 14.5. The highest BCUT2D eigenvalue weighted by molar-refractivity contribution is 9.13. The standard InChI is InChI=1S/2C6H4Br2/c7-5-2-1-3-6(8)4-5;7-5-3-1-2-4-6(5)8/h2*1-4H. The van der Waals surface area contributed by atoms with Crippen LogP contribution in [0, 0.1) is 0 Å². The topological polar surface area (TPSA) is 0 Å². The fraction of sp³-hybridized carbons (Fsp3) is 0. The second-order valence-corrected chi connectivity index (χ2v) is 6.39. The van der Waals surface area contributed by atoms with Gasteiger partial charge >= 0.3 is 0 Å². The Bertz CT molecular complexity index is 416. The lowest BCUT2D eigenvalue weighted by molar-refractivity contribution is 1.59. The highest BCUT2D eigenvalue weighted by atomic mass is 79.9. The van der Waals surface area contributed by atoms with E-state index in [4.69, 9.17) is 0 Å². The summed E-state index contributed by atoms with van der Waals surface area (Å²) in [5, 5.41) is 0. The number of hydrogen-bond donors (Lipinski definition) is 0. The first-order valence-electron chi connectivity index (χ1n) is 4.40. The van der Waals surface area contributed by atoms with E-state index in [1.165, 1.54) is 0 Å². The van der Waals surface area contributed by atoms with Gasteiger partial charge < -0.3 is 0 Å². The van der Waals surface area contributed by atoms with Gasteiger partial charge in [-0.25, -0.2) is 0 Å². The molecule has 0 aliphatic heterocycles. The van der Waals surface area contributed by atoms with Gasteiger partial charge in [0.05, 0.1) is 0 Å². The molecule has 0 saturated carbocycles. The average Bonchev–Trinajstić information content (AvgIpc) is 2.23. The van der Waals surface area contributed by atoms with E-state index in [1.807, 2.05) is 48.5 Å². The van der Waals surface area contributed by atoms with Crippen molar-refractivity contribution in [3.63, 3.8) is 0 Å². The van der Waals surface area contributed by atoms with Crippen molar-refractivity contribution in [3.05, 3.63) is 66.4 Å². The molecule has 0 atom stereocenters. The third-order valence-corrected chi connectivity index (χ3v) is 4.51. The van der Waals surface area contributed by atoms with Crippen molar-refractivity contribution in [1.82, 2.24) is 0 Å². The molecule has 84 valence electrons. The summed E-state index contributed by atoms with van der Waals surface area (Å²) in [6, 6.07) is 15.9. The van der Waals surface area contributed by atoms with E-state index >= 15 is 0 Å². The lowest BCUT2D eigenvalue weighted by Crippen LogP contribution is -1.63. The monoisotopic (exact) mass is 468 g/mol. The first kappa shape index (κ1) is 14.4. The largest absolute Gasteiger partial charge is 0.0611 e. The Morgan fingerprint density at radius 3 is 1.25 bits per heavy atom. The summed E-state index contributed by atoms with van der Waals surface area (Å²) in [6.45, 7) is 0. The molecule has 0 unspecified atom stereocenters. The van der Waals surface area contributed by atoms with Crippen LogP contribution in [0.2, 0.25) is 0 Å². The first-order valence-corrected chi connectivity index (χ1v) is 7.58. The van der Waals surface area contributed by atoms with E-state index in [2.05, 4.69) is 63.7 Å². The summed E-state index contributed by atoms with van der Waals surface area (Å²) >= 11 is 13.4. The molecule has 0 aromatic heterocycles. The predicted octanol–water partition coefficient (Wildman–Crippen LogP) is 6.42. The molecule has 2 aromatic carbocycles. The van der Waals surface area contributed by atoms with Crippen LogP contribution >= 0.6 is 63.7 Å². The molecule has 0 radical (unpaired) electrons. The van der Waals surface area contributed by atoms with Crippen LogP contribution in [0.1, 0.15) is 0 Å². The van der Waals surface area contributed by atoms with E-state index in [1.54, 1.807) is 0 Å². The van der Waals surface area contributed by atoms with Crippen LogP contribution in [0.4, 0.5) is 0 Å². The Balaban J connectivity index is 0.000000160. The van der Waals surface area contributed by atoms with Gasteiger partial charge in [-0.3, -0.25) is 0 Å². The zero-order valence-electron chi connectivity index (χ0n) is 8.13. The minimum Gasteiger partial charge on any atom is -0.0611 e. The molecule has 4 heteroatoms. The molecule has 0 bridgehead atoms. The molecule has 0 aliphatic rings. The van der Waals surface area contributed by atoms with Gasteiger partial charge in [-0.1, -0.05) is 50.1 Å². The SMILES string of the molecule is Brc1cccc(Br)c1.Brc1ccccc1Br. The summed E-state index contributed by atoms with van der Waals surface area (Å²) in [6.07, 6.45) is 0. The summed E-state index contributed by atoms with van der Waals surface area (Å²) in [7, 11) is 0. The molecule has 0 N–H and O–H groups in total. The van der Waals surface area contributed by atoms with E-state index < -0.39 is 0 Å². The molecular formula is C12H8Br4. The number of hydrogen-bond acceptors (Lipinski definition) is 0. The second-order valence-electron chi connectivity index (χ2n) is 2.85. The number of halogens is 4. The second kappa shape index (κ2) is 7.64. The maximum Gasteiger partial charge on any atom is 0.0317 e. The van der Waals surface area contributed by atoms with Gasteiger partial charge in [-0.05, 0) is 62.2 Å². The first-order chi connectivity index (χ1) is 7.59. The van der Waals surface area contributed by atoms with Gasteiger partial charge in [0.1, 0.15) is 0 Å². The van der Waals surface area contributed by atoms with Crippen LogP contribution in [-0.2, 0) is 0 Å². The Morgan fingerprint density at radius 2 is 1.00 bits per heavy atom. The van der Waals surface area contributed by atoms with E-state index in [-0.39, 0.29) is 0 Å². The summed E-state index contributed by atoms with van der Waals surface area (Å²) in [5.74, 6) is 0. The van der Waals surface area contributed by atoms with Gasteiger partial charge in [0.25, 0.3) is 0 Å². The Kier molecular flexibility index (Phi) is 6.89. The summed E-state index contributed by atoms with van der Waals surface area (Å²) in [5.41, 5.74) is 0. The Hall–Kier alpha value is 0.360. The highest BCUT2D eigenvalue weighted by Crippen LogP contribution is 2.20. The maximum atomic E-state index is 3.35. The highest BCUT2D eigenvalue weighted by Gasteiger charge is 1.88. The smallest absolute Gasteiger partial charge is 0.0317 e. The van der Waals surface area contributed by atoms with Crippen molar-refractivity contribution in [2.75, 3.05) is 0 Å². The molecule has 0 amide bonds. The van der Waals surface area contributed by atoms with Crippen molar-refractivity contribution in [1.29, 1.82) is 0 Å². The van der Waals surface area contributed by atoms with Crippen molar-refractivity contribution in [3.8, 4) is 0 Å². The van der Waals surface area contributed by atoms with Crippen molar-refractivity contribution in [2.45, 2.75) is 0 Å². The van der Waals surface area contributed by atoms with Gasteiger partial charge in [-0.2, -0.15) is 0 Å². The van der Waals surface area contributed by atoms with Crippen molar-refractivity contribution >= 4 is 63.7 Å². The van der Waals surface area contributed by atoms with E-state index in [0.717, 1.165) is 17.9 Å². The minimum atomic E-state index is 1.10. The molecule has 0 nitrogen and oxygen atoms in total. The molecule has 2 aromatic rings. The lowest BCUT2D eigenvalue weighted by Gasteiger charge is -1.89. The summed E-state index contributed by atoms with van der Waals surface area (Å²) in [4.78, 5) is 0. The number of benzene rings is 2. The normalized spacial score (nSPS) is 9.25. The van der Waals surface area contributed by atoms with Crippen LogP contribution in [-0.4, -0.2) is 0 Å². The van der Waals surface area contributed by atoms with Crippen LogP contribution in [0.5, 0.6) is 0 Å². The molecule has 0 heterocycles. The zero-order chi connectivity index (χ0) is 12.0. The average molecular weight is 472 g/mol. The minimum absolute atomic E-state index is 1.10. The molecule has 0 spiro atoms. The summed E-state index contributed by atoms with van der Waals surface area (Å²) < 4.78 is 4.40. The van der Waals surface area contributed by atoms with Gasteiger partial charge in [0.15, 0.2) is 0 Å². The van der Waals surface area contributed by atoms with E-state index in [0.29, 0.717) is 0 Å². The van der Waals surface area contributed by atoms with Gasteiger partial charge in [0, 0.05) is 17.9 Å². The molecule has 0 saturated heterocycles. The maximum absolute atomic E-state index is 3.35. The van der Waals surface area contributed by atoms with Crippen LogP contribution in [0.15, 0.2) is 66.4 Å². The van der Waals surface area contributed by atoms with Crippen LogP contribution < -0.4 is 0 Å². The van der Waals surface area contributed by atoms with E-state index in [9.17, 15) is 0 Å². The predicted molar refractivity (Wildman–Crippen MR) is 83.7 cm³/mol. The van der Waals surface area contributed by atoms with Crippen LogP contribution in [0.3, 0.4) is 0 Å². The Labute approximate surface area is 129 Å². The van der Waals surface area contributed by atoms with Gasteiger partial charge in [0.2, 0.25) is 0 Å². The lowest BCUT2D eigenvalue weighted by atomic mass is 10.4. The fourth-order valence-electron chi connectivity index (χ4n) is 0.899.